The molecule has 3 aliphatic heterocycles. The van der Waals surface area contributed by atoms with Crippen LogP contribution in [0.15, 0.2) is 0 Å². The first-order valence-corrected chi connectivity index (χ1v) is 6.28. The summed E-state index contributed by atoms with van der Waals surface area (Å²) < 4.78 is 0. The minimum atomic E-state index is -0.0231. The third-order valence-corrected chi connectivity index (χ3v) is 4.86. The van der Waals surface area contributed by atoms with Gasteiger partial charge in [-0.05, 0) is 44.9 Å². The molecule has 82 valence electrons. The van der Waals surface area contributed by atoms with E-state index in [0.29, 0.717) is 17.2 Å². The van der Waals surface area contributed by atoms with Gasteiger partial charge in [0.2, 0.25) is 0 Å². The first-order valence-electron chi connectivity index (χ1n) is 5.46. The average Bonchev–Trinajstić information content (AvgIpc) is 2.56. The Bertz CT molecular complexity index is 328. The molecular formula is C10H15N3S2. The summed E-state index contributed by atoms with van der Waals surface area (Å²) in [5, 5.41) is 7.20. The van der Waals surface area contributed by atoms with Crippen molar-refractivity contribution in [1.29, 1.82) is 0 Å². The Morgan fingerprint density at radius 2 is 1.87 bits per heavy atom. The summed E-state index contributed by atoms with van der Waals surface area (Å²) in [7, 11) is 2.24. The van der Waals surface area contributed by atoms with Crippen LogP contribution in [0.3, 0.4) is 0 Å². The van der Waals surface area contributed by atoms with E-state index in [0.717, 1.165) is 17.8 Å². The van der Waals surface area contributed by atoms with Gasteiger partial charge < -0.3 is 15.5 Å². The van der Waals surface area contributed by atoms with Crippen LogP contribution < -0.4 is 10.6 Å². The summed E-state index contributed by atoms with van der Waals surface area (Å²) >= 11 is 10.6. The maximum atomic E-state index is 5.42. The normalized spacial score (nSPS) is 44.6. The van der Waals surface area contributed by atoms with Gasteiger partial charge in [-0.2, -0.15) is 0 Å². The van der Waals surface area contributed by atoms with Gasteiger partial charge in [0.25, 0.3) is 0 Å². The summed E-state index contributed by atoms with van der Waals surface area (Å²) in [5.41, 5.74) is -0.0231. The number of hydrogen-bond acceptors (Lipinski definition) is 3. The zero-order chi connectivity index (χ0) is 10.6. The molecule has 5 heteroatoms. The molecule has 3 fully saturated rings. The van der Waals surface area contributed by atoms with Crippen molar-refractivity contribution in [3.05, 3.63) is 0 Å². The van der Waals surface area contributed by atoms with Crippen molar-refractivity contribution in [2.75, 3.05) is 7.05 Å². The van der Waals surface area contributed by atoms with Crippen molar-refractivity contribution in [3.8, 4) is 0 Å². The second kappa shape index (κ2) is 3.12. The highest BCUT2D eigenvalue weighted by molar-refractivity contribution is 7.82. The van der Waals surface area contributed by atoms with E-state index in [2.05, 4.69) is 22.6 Å². The predicted molar refractivity (Wildman–Crippen MR) is 68.0 cm³/mol. The van der Waals surface area contributed by atoms with Crippen LogP contribution in [0.4, 0.5) is 0 Å². The lowest BCUT2D eigenvalue weighted by molar-refractivity contribution is 0.138. The van der Waals surface area contributed by atoms with Crippen LogP contribution >= 0.6 is 24.4 Å². The molecule has 3 aliphatic rings. The molecule has 1 spiro atoms. The minimum absolute atomic E-state index is 0.0231. The molecule has 3 saturated heterocycles. The quantitative estimate of drug-likeness (QED) is 0.612. The molecule has 0 aromatic rings. The Balaban J connectivity index is 1.90. The number of thiocarbonyl (C=S) groups is 2. The van der Waals surface area contributed by atoms with E-state index >= 15 is 0 Å². The molecule has 2 bridgehead atoms. The lowest BCUT2D eigenvalue weighted by Gasteiger charge is -2.42. The third-order valence-electron chi connectivity index (χ3n) is 4.17. The highest BCUT2D eigenvalue weighted by Gasteiger charge is 2.51. The molecule has 0 aromatic carbocycles. The molecule has 3 nitrogen and oxygen atoms in total. The molecule has 2 unspecified atom stereocenters. The van der Waals surface area contributed by atoms with Gasteiger partial charge in [0.1, 0.15) is 4.99 Å². The van der Waals surface area contributed by atoms with E-state index in [1.165, 1.54) is 12.8 Å². The SMILES string of the molecule is CN1C2CCC1CC1(C2)NC(=S)NC1=S. The van der Waals surface area contributed by atoms with Crippen LogP contribution in [0.25, 0.3) is 0 Å². The van der Waals surface area contributed by atoms with Crippen LogP contribution in [0, 0.1) is 0 Å². The third kappa shape index (κ3) is 1.33. The molecule has 15 heavy (non-hydrogen) atoms. The molecule has 0 saturated carbocycles. The van der Waals surface area contributed by atoms with Crippen LogP contribution in [-0.2, 0) is 0 Å². The molecule has 2 atom stereocenters. The Labute approximate surface area is 101 Å². The van der Waals surface area contributed by atoms with Gasteiger partial charge in [0.15, 0.2) is 5.11 Å². The summed E-state index contributed by atoms with van der Waals surface area (Å²) in [6, 6.07) is 1.36. The monoisotopic (exact) mass is 241 g/mol. The van der Waals surface area contributed by atoms with Gasteiger partial charge in [-0.3, -0.25) is 0 Å². The molecule has 0 radical (unpaired) electrons. The fraction of sp³-hybridized carbons (Fsp3) is 0.800. The van der Waals surface area contributed by atoms with E-state index in [1.54, 1.807) is 0 Å². The van der Waals surface area contributed by atoms with E-state index in [4.69, 9.17) is 24.4 Å². The predicted octanol–water partition coefficient (Wildman–Crippen LogP) is 0.787. The van der Waals surface area contributed by atoms with Crippen molar-refractivity contribution < 1.29 is 0 Å². The zero-order valence-corrected chi connectivity index (χ0v) is 10.4. The second-order valence-corrected chi connectivity index (χ2v) is 5.77. The lowest BCUT2D eigenvalue weighted by Crippen LogP contribution is -2.57. The van der Waals surface area contributed by atoms with Crippen LogP contribution in [0.2, 0.25) is 0 Å². The minimum Gasteiger partial charge on any atom is -0.350 e. The van der Waals surface area contributed by atoms with Crippen molar-refractivity contribution in [1.82, 2.24) is 15.5 Å². The van der Waals surface area contributed by atoms with Crippen LogP contribution in [0.5, 0.6) is 0 Å². The van der Waals surface area contributed by atoms with Crippen molar-refractivity contribution in [2.45, 2.75) is 43.3 Å². The fourth-order valence-corrected chi connectivity index (χ4v) is 3.97. The van der Waals surface area contributed by atoms with E-state index < -0.39 is 0 Å². The number of hydrogen-bond donors (Lipinski definition) is 2. The summed E-state index contributed by atoms with van der Waals surface area (Å²) in [6.07, 6.45) is 4.82. The topological polar surface area (TPSA) is 27.3 Å². The largest absolute Gasteiger partial charge is 0.350 e. The molecule has 0 aliphatic carbocycles. The Hall–Kier alpha value is -0.260. The van der Waals surface area contributed by atoms with E-state index in [9.17, 15) is 0 Å². The van der Waals surface area contributed by atoms with Crippen LogP contribution in [-0.4, -0.2) is 39.7 Å². The van der Waals surface area contributed by atoms with Crippen molar-refractivity contribution >= 4 is 34.5 Å². The van der Waals surface area contributed by atoms with Gasteiger partial charge in [-0.15, -0.1) is 0 Å². The maximum absolute atomic E-state index is 5.42. The molecule has 3 rings (SSSR count). The highest BCUT2D eigenvalue weighted by Crippen LogP contribution is 2.41. The Morgan fingerprint density at radius 1 is 1.27 bits per heavy atom. The zero-order valence-electron chi connectivity index (χ0n) is 8.75. The number of rotatable bonds is 0. The van der Waals surface area contributed by atoms with Gasteiger partial charge in [-0.25, -0.2) is 0 Å². The second-order valence-electron chi connectivity index (χ2n) is 4.95. The first-order chi connectivity index (χ1) is 7.11. The Morgan fingerprint density at radius 3 is 2.33 bits per heavy atom. The van der Waals surface area contributed by atoms with E-state index in [-0.39, 0.29) is 5.54 Å². The first kappa shape index (κ1) is 9.93. The molecule has 0 amide bonds. The maximum Gasteiger partial charge on any atom is 0.172 e. The summed E-state index contributed by atoms with van der Waals surface area (Å²) in [6.45, 7) is 0. The van der Waals surface area contributed by atoms with Gasteiger partial charge in [-0.1, -0.05) is 12.2 Å². The van der Waals surface area contributed by atoms with E-state index in [1.807, 2.05) is 0 Å². The number of nitrogens with one attached hydrogen (secondary N) is 2. The molecule has 3 heterocycles. The average molecular weight is 241 g/mol. The van der Waals surface area contributed by atoms with Gasteiger partial charge in [0, 0.05) is 12.1 Å². The summed E-state index contributed by atoms with van der Waals surface area (Å²) in [5.74, 6) is 0. The Kier molecular flexibility index (Phi) is 2.06. The van der Waals surface area contributed by atoms with Crippen LogP contribution in [0.1, 0.15) is 25.7 Å². The van der Waals surface area contributed by atoms with Gasteiger partial charge in [0.05, 0.1) is 5.54 Å². The highest BCUT2D eigenvalue weighted by atomic mass is 32.1. The summed E-state index contributed by atoms with van der Waals surface area (Å²) in [4.78, 5) is 3.43. The fourth-order valence-electron chi connectivity index (χ4n) is 3.29. The lowest BCUT2D eigenvalue weighted by atomic mass is 9.84. The van der Waals surface area contributed by atoms with Crippen molar-refractivity contribution in [3.63, 3.8) is 0 Å². The standard InChI is InChI=1S/C10H15N3S2/c1-13-6-2-3-7(13)5-10(4-6)8(14)11-9(15)12-10/h6-7H,2-5H2,1H3,(H2,11,12,14,15). The van der Waals surface area contributed by atoms with Crippen molar-refractivity contribution in [2.24, 2.45) is 0 Å². The molecular weight excluding hydrogens is 226 g/mol. The molecule has 0 aromatic heterocycles. The number of nitrogens with zero attached hydrogens (tertiary/aromatic N) is 1. The number of fused-ring (bicyclic) bond motifs is 2. The number of piperidine rings is 1. The smallest absolute Gasteiger partial charge is 0.172 e. The van der Waals surface area contributed by atoms with Gasteiger partial charge >= 0.3 is 0 Å². The molecule has 2 N–H and O–H groups in total.